The molecule has 0 radical (unpaired) electrons. The van der Waals surface area contributed by atoms with Gasteiger partial charge in [0, 0.05) is 18.3 Å². The number of nitrogens with one attached hydrogen (secondary N) is 2. The molecule has 3 heterocycles. The number of aromatic nitrogens is 3. The van der Waals surface area contributed by atoms with E-state index in [4.69, 9.17) is 0 Å². The van der Waals surface area contributed by atoms with Gasteiger partial charge in [0.05, 0.1) is 23.2 Å². The average Bonchev–Trinajstić information content (AvgIpc) is 3.20. The van der Waals surface area contributed by atoms with Crippen molar-refractivity contribution < 1.29 is 4.79 Å². The molecule has 2 aromatic heterocycles. The second-order valence-corrected chi connectivity index (χ2v) is 6.40. The Balaban J connectivity index is 0.00000156. The van der Waals surface area contributed by atoms with E-state index in [1.807, 2.05) is 17.7 Å². The summed E-state index contributed by atoms with van der Waals surface area (Å²) in [5.74, 6) is -0.0436. The predicted octanol–water partition coefficient (Wildman–Crippen LogP) is 3.04. The molecule has 0 aromatic carbocycles. The van der Waals surface area contributed by atoms with E-state index < -0.39 is 0 Å². The number of nitrogens with zero attached hydrogens (tertiary/aromatic N) is 3. The van der Waals surface area contributed by atoms with Crippen LogP contribution in [-0.4, -0.2) is 39.8 Å². The zero-order valence-electron chi connectivity index (χ0n) is 14.9. The third-order valence-corrected chi connectivity index (χ3v) is 4.62. The lowest BCUT2D eigenvalue weighted by molar-refractivity contribution is 0.0952. The van der Waals surface area contributed by atoms with Crippen molar-refractivity contribution in [3.8, 4) is 0 Å². The molecule has 2 unspecified atom stereocenters. The Morgan fingerprint density at radius 3 is 2.88 bits per heavy atom. The monoisotopic (exact) mass is 387 g/mol. The third kappa shape index (κ3) is 4.63. The number of hydrogen-bond acceptors (Lipinski definition) is 4. The van der Waals surface area contributed by atoms with Gasteiger partial charge in [-0.25, -0.2) is 9.67 Å². The zero-order chi connectivity index (χ0) is 16.4. The lowest BCUT2D eigenvalue weighted by atomic mass is 10.1. The third-order valence-electron chi connectivity index (χ3n) is 4.62. The molecule has 8 heteroatoms. The zero-order valence-corrected chi connectivity index (χ0v) is 16.5. The van der Waals surface area contributed by atoms with Crippen molar-refractivity contribution in [1.29, 1.82) is 0 Å². The molecule has 2 N–H and O–H groups in total. The van der Waals surface area contributed by atoms with Gasteiger partial charge in [-0.2, -0.15) is 5.10 Å². The molecule has 2 aromatic rings. The van der Waals surface area contributed by atoms with Crippen LogP contribution in [-0.2, 0) is 0 Å². The Morgan fingerprint density at radius 2 is 2.24 bits per heavy atom. The predicted molar refractivity (Wildman–Crippen MR) is 105 cm³/mol. The van der Waals surface area contributed by atoms with Crippen LogP contribution in [0.15, 0.2) is 12.3 Å². The number of carbonyl (C=O) groups is 1. The number of carbonyl (C=O) groups excluding carboxylic acids is 1. The van der Waals surface area contributed by atoms with E-state index in [0.29, 0.717) is 18.2 Å². The van der Waals surface area contributed by atoms with Crippen molar-refractivity contribution in [2.75, 3.05) is 13.1 Å². The summed E-state index contributed by atoms with van der Waals surface area (Å²) in [6.07, 6.45) is 5.04. The van der Waals surface area contributed by atoms with Crippen LogP contribution in [0.25, 0.3) is 11.0 Å². The molecule has 2 atom stereocenters. The summed E-state index contributed by atoms with van der Waals surface area (Å²) in [4.78, 5) is 17.2. The van der Waals surface area contributed by atoms with Crippen LogP contribution in [0.4, 0.5) is 0 Å². The van der Waals surface area contributed by atoms with Gasteiger partial charge < -0.3 is 10.6 Å². The molecule has 140 valence electrons. The van der Waals surface area contributed by atoms with Crippen molar-refractivity contribution in [2.24, 2.45) is 0 Å². The Hall–Kier alpha value is -1.37. The first kappa shape index (κ1) is 21.7. The molecule has 1 aliphatic heterocycles. The molecule has 1 amide bonds. The quantitative estimate of drug-likeness (QED) is 0.826. The second-order valence-electron chi connectivity index (χ2n) is 6.40. The molecule has 1 fully saturated rings. The van der Waals surface area contributed by atoms with Gasteiger partial charge in [0.2, 0.25) is 0 Å². The maximum absolute atomic E-state index is 12.6. The maximum atomic E-state index is 12.6. The molecule has 1 saturated heterocycles. The van der Waals surface area contributed by atoms with Crippen LogP contribution < -0.4 is 10.6 Å². The highest BCUT2D eigenvalue weighted by atomic mass is 35.5. The van der Waals surface area contributed by atoms with Crippen LogP contribution >= 0.6 is 24.8 Å². The first-order valence-corrected chi connectivity index (χ1v) is 8.46. The van der Waals surface area contributed by atoms with Crippen LogP contribution in [0.5, 0.6) is 0 Å². The number of rotatable bonds is 5. The van der Waals surface area contributed by atoms with Gasteiger partial charge in [-0.15, -0.1) is 24.8 Å². The molecule has 6 nitrogen and oxygen atoms in total. The Kier molecular flexibility index (Phi) is 8.12. The molecular weight excluding hydrogens is 361 g/mol. The number of fused-ring (bicyclic) bond motifs is 1. The smallest absolute Gasteiger partial charge is 0.252 e. The Bertz CT molecular complexity index is 712. The fraction of sp³-hybridized carbons (Fsp3) is 0.588. The lowest BCUT2D eigenvalue weighted by Gasteiger charge is -2.13. The fourth-order valence-electron chi connectivity index (χ4n) is 3.07. The summed E-state index contributed by atoms with van der Waals surface area (Å²) in [5, 5.41) is 11.7. The number of pyridine rings is 1. The summed E-state index contributed by atoms with van der Waals surface area (Å²) in [6, 6.07) is 2.50. The van der Waals surface area contributed by atoms with Crippen LogP contribution in [0.1, 0.15) is 55.2 Å². The minimum Gasteiger partial charge on any atom is -0.350 e. The molecule has 3 rings (SSSR count). The summed E-state index contributed by atoms with van der Waals surface area (Å²) in [5.41, 5.74) is 2.30. The standard InChI is InChI=1S/C17H25N5O.2ClH/c1-4-12(3)22-16-15(10-20-22)14(8-11(2)21-16)17(23)19-9-13-6-5-7-18-13;;/h8,10,12-13,18H,4-7,9H2,1-3H3,(H,19,23);2*1H. The second kappa shape index (κ2) is 9.36. The topological polar surface area (TPSA) is 71.8 Å². The molecular formula is C17H27Cl2N5O. The van der Waals surface area contributed by atoms with Crippen molar-refractivity contribution in [1.82, 2.24) is 25.4 Å². The van der Waals surface area contributed by atoms with Gasteiger partial charge in [0.15, 0.2) is 5.65 Å². The number of halogens is 2. The lowest BCUT2D eigenvalue weighted by Crippen LogP contribution is -2.37. The van der Waals surface area contributed by atoms with Crippen LogP contribution in [0.3, 0.4) is 0 Å². The van der Waals surface area contributed by atoms with Crippen LogP contribution in [0.2, 0.25) is 0 Å². The summed E-state index contributed by atoms with van der Waals surface area (Å²) in [6.45, 7) is 7.86. The van der Waals surface area contributed by atoms with Crippen molar-refractivity contribution in [3.63, 3.8) is 0 Å². The van der Waals surface area contributed by atoms with Gasteiger partial charge in [0.1, 0.15) is 0 Å². The minimum atomic E-state index is -0.0436. The Morgan fingerprint density at radius 1 is 1.48 bits per heavy atom. The number of amides is 1. The molecule has 0 saturated carbocycles. The summed E-state index contributed by atoms with van der Waals surface area (Å²) < 4.78 is 1.91. The average molecular weight is 388 g/mol. The first-order valence-electron chi connectivity index (χ1n) is 8.46. The van der Waals surface area contributed by atoms with Gasteiger partial charge >= 0.3 is 0 Å². The molecule has 1 aliphatic rings. The minimum absolute atomic E-state index is 0. The van der Waals surface area contributed by atoms with Crippen molar-refractivity contribution in [2.45, 2.75) is 52.1 Å². The highest BCUT2D eigenvalue weighted by Gasteiger charge is 2.19. The van der Waals surface area contributed by atoms with E-state index >= 15 is 0 Å². The summed E-state index contributed by atoms with van der Waals surface area (Å²) in [7, 11) is 0. The molecule has 25 heavy (non-hydrogen) atoms. The maximum Gasteiger partial charge on any atom is 0.252 e. The van der Waals surface area contributed by atoms with Crippen molar-refractivity contribution in [3.05, 3.63) is 23.5 Å². The fourth-order valence-corrected chi connectivity index (χ4v) is 3.07. The van der Waals surface area contributed by atoms with E-state index in [1.165, 1.54) is 6.42 Å². The van der Waals surface area contributed by atoms with Gasteiger partial charge in [-0.3, -0.25) is 4.79 Å². The highest BCUT2D eigenvalue weighted by molar-refractivity contribution is 6.05. The molecule has 0 aliphatic carbocycles. The largest absolute Gasteiger partial charge is 0.350 e. The first-order chi connectivity index (χ1) is 11.1. The molecule has 0 bridgehead atoms. The summed E-state index contributed by atoms with van der Waals surface area (Å²) >= 11 is 0. The van der Waals surface area contributed by atoms with E-state index in [2.05, 4.69) is 34.6 Å². The van der Waals surface area contributed by atoms with E-state index in [0.717, 1.165) is 36.1 Å². The van der Waals surface area contributed by atoms with Crippen LogP contribution in [0, 0.1) is 6.92 Å². The normalized spacial score (nSPS) is 17.6. The van der Waals surface area contributed by atoms with E-state index in [1.54, 1.807) is 6.20 Å². The number of hydrogen-bond donors (Lipinski definition) is 2. The number of aryl methyl sites for hydroxylation is 1. The SMILES string of the molecule is CCC(C)n1ncc2c(C(=O)NCC3CCCN3)cc(C)nc21.Cl.Cl. The van der Waals surface area contributed by atoms with Crippen molar-refractivity contribution >= 4 is 41.8 Å². The molecule has 0 spiro atoms. The van der Waals surface area contributed by atoms with Gasteiger partial charge in [-0.05, 0) is 45.7 Å². The highest BCUT2D eigenvalue weighted by Crippen LogP contribution is 2.22. The van der Waals surface area contributed by atoms with E-state index in [-0.39, 0.29) is 36.8 Å². The van der Waals surface area contributed by atoms with Gasteiger partial charge in [0.25, 0.3) is 5.91 Å². The van der Waals surface area contributed by atoms with E-state index in [9.17, 15) is 4.79 Å². The van der Waals surface area contributed by atoms with Gasteiger partial charge in [-0.1, -0.05) is 6.92 Å². The Labute approximate surface area is 161 Å².